The molecule has 0 aliphatic rings. The van der Waals surface area contributed by atoms with Crippen molar-refractivity contribution in [2.24, 2.45) is 11.1 Å². The zero-order chi connectivity index (χ0) is 14.8. The highest BCUT2D eigenvalue weighted by Crippen LogP contribution is 2.31. The molecule has 2 unspecified atom stereocenters. The van der Waals surface area contributed by atoms with E-state index in [4.69, 9.17) is 10.5 Å². The first kappa shape index (κ1) is 14.8. The highest BCUT2D eigenvalue weighted by atomic mass is 16.5. The van der Waals surface area contributed by atoms with Gasteiger partial charge in [0.05, 0.1) is 23.5 Å². The minimum absolute atomic E-state index is 0.0417. The van der Waals surface area contributed by atoms with Crippen molar-refractivity contribution >= 4 is 0 Å². The molecule has 1 heterocycles. The maximum atomic E-state index is 6.43. The van der Waals surface area contributed by atoms with Crippen LogP contribution in [0.25, 0.3) is 5.69 Å². The number of nitrogens with two attached hydrogens (primary N) is 1. The summed E-state index contributed by atoms with van der Waals surface area (Å²) in [4.78, 5) is 0. The van der Waals surface area contributed by atoms with E-state index >= 15 is 0 Å². The van der Waals surface area contributed by atoms with Crippen molar-refractivity contribution in [1.82, 2.24) is 9.78 Å². The minimum atomic E-state index is -0.234. The molecular weight excluding hydrogens is 250 g/mol. The summed E-state index contributed by atoms with van der Waals surface area (Å²) in [6.07, 6.45) is 1.69. The Kier molecular flexibility index (Phi) is 4.26. The number of aromatic nitrogens is 2. The molecule has 0 bridgehead atoms. The van der Waals surface area contributed by atoms with Gasteiger partial charge in [0.25, 0.3) is 0 Å². The third-order valence-electron chi connectivity index (χ3n) is 3.45. The Bertz CT molecular complexity index is 542. The van der Waals surface area contributed by atoms with Crippen LogP contribution in [0.1, 0.15) is 32.5 Å². The molecule has 108 valence electrons. The molecule has 0 spiro atoms. The quantitative estimate of drug-likeness (QED) is 0.932. The van der Waals surface area contributed by atoms with Crippen molar-refractivity contribution in [3.8, 4) is 5.69 Å². The second-order valence-corrected chi connectivity index (χ2v) is 6.05. The van der Waals surface area contributed by atoms with Crippen LogP contribution >= 0.6 is 0 Å². The number of nitrogens with zero attached hydrogens (tertiary/aromatic N) is 2. The van der Waals surface area contributed by atoms with Crippen molar-refractivity contribution in [3.05, 3.63) is 48.3 Å². The lowest BCUT2D eigenvalue weighted by Crippen LogP contribution is -2.39. The fourth-order valence-electron chi connectivity index (χ4n) is 2.54. The highest BCUT2D eigenvalue weighted by molar-refractivity contribution is 5.33. The SMILES string of the molecule is COC(C(N)c1ccnn1-c1ccccc1)C(C)(C)C. The fourth-order valence-corrected chi connectivity index (χ4v) is 2.54. The monoisotopic (exact) mass is 273 g/mol. The lowest BCUT2D eigenvalue weighted by Gasteiger charge is -2.34. The van der Waals surface area contributed by atoms with E-state index in [1.54, 1.807) is 13.3 Å². The summed E-state index contributed by atoms with van der Waals surface area (Å²) in [6, 6.07) is 11.7. The zero-order valence-electron chi connectivity index (χ0n) is 12.6. The summed E-state index contributed by atoms with van der Waals surface area (Å²) in [5.74, 6) is 0. The Morgan fingerprint density at radius 1 is 1.15 bits per heavy atom. The van der Waals surface area contributed by atoms with Crippen LogP contribution in [0.4, 0.5) is 0 Å². The van der Waals surface area contributed by atoms with E-state index in [9.17, 15) is 0 Å². The molecule has 0 saturated heterocycles. The molecule has 4 nitrogen and oxygen atoms in total. The molecule has 1 aromatic carbocycles. The third kappa shape index (κ3) is 2.92. The molecular formula is C16H23N3O. The average molecular weight is 273 g/mol. The number of hydrogen-bond acceptors (Lipinski definition) is 3. The topological polar surface area (TPSA) is 53.1 Å². The molecule has 0 amide bonds. The smallest absolute Gasteiger partial charge is 0.0827 e. The molecule has 0 saturated carbocycles. The Labute approximate surface area is 120 Å². The normalized spacial score (nSPS) is 15.1. The molecule has 20 heavy (non-hydrogen) atoms. The van der Waals surface area contributed by atoms with Crippen molar-refractivity contribution in [2.45, 2.75) is 32.9 Å². The van der Waals surface area contributed by atoms with Gasteiger partial charge in [-0.3, -0.25) is 0 Å². The first-order chi connectivity index (χ1) is 9.45. The Hall–Kier alpha value is -1.65. The number of ether oxygens (including phenoxy) is 1. The maximum Gasteiger partial charge on any atom is 0.0827 e. The third-order valence-corrected chi connectivity index (χ3v) is 3.45. The standard InChI is InChI=1S/C16H23N3O/c1-16(2,3)15(20-4)14(17)13-10-11-18-19(13)12-8-6-5-7-9-12/h5-11,14-15H,17H2,1-4H3. The molecule has 0 radical (unpaired) electrons. The van der Waals surface area contributed by atoms with Crippen LogP contribution in [0.2, 0.25) is 0 Å². The van der Waals surface area contributed by atoms with Gasteiger partial charge in [-0.05, 0) is 23.6 Å². The Balaban J connectivity index is 2.37. The molecule has 4 heteroatoms. The molecule has 0 aliphatic heterocycles. The summed E-state index contributed by atoms with van der Waals surface area (Å²) in [7, 11) is 1.71. The van der Waals surface area contributed by atoms with E-state index in [2.05, 4.69) is 25.9 Å². The number of para-hydroxylation sites is 1. The second-order valence-electron chi connectivity index (χ2n) is 6.05. The van der Waals surface area contributed by atoms with Gasteiger partial charge >= 0.3 is 0 Å². The van der Waals surface area contributed by atoms with Gasteiger partial charge < -0.3 is 10.5 Å². The summed E-state index contributed by atoms with van der Waals surface area (Å²) in [6.45, 7) is 6.39. The Morgan fingerprint density at radius 3 is 2.35 bits per heavy atom. The summed E-state index contributed by atoms with van der Waals surface area (Å²) >= 11 is 0. The second kappa shape index (κ2) is 5.77. The van der Waals surface area contributed by atoms with Crippen LogP contribution in [-0.2, 0) is 4.74 Å². The van der Waals surface area contributed by atoms with Gasteiger partial charge in [0.1, 0.15) is 0 Å². The first-order valence-electron chi connectivity index (χ1n) is 6.83. The van der Waals surface area contributed by atoms with Crippen molar-refractivity contribution in [2.75, 3.05) is 7.11 Å². The van der Waals surface area contributed by atoms with Crippen LogP contribution in [0.15, 0.2) is 42.6 Å². The predicted octanol–water partition coefficient (Wildman–Crippen LogP) is 2.93. The number of benzene rings is 1. The molecule has 2 atom stereocenters. The van der Waals surface area contributed by atoms with Crippen molar-refractivity contribution in [1.29, 1.82) is 0 Å². The van der Waals surface area contributed by atoms with Gasteiger partial charge in [-0.15, -0.1) is 0 Å². The molecule has 0 aliphatic carbocycles. The van der Waals surface area contributed by atoms with Gasteiger partial charge in [0.2, 0.25) is 0 Å². The Morgan fingerprint density at radius 2 is 1.80 bits per heavy atom. The number of rotatable bonds is 4. The zero-order valence-corrected chi connectivity index (χ0v) is 12.6. The molecule has 2 N–H and O–H groups in total. The van der Waals surface area contributed by atoms with E-state index in [1.807, 2.05) is 41.1 Å². The highest BCUT2D eigenvalue weighted by Gasteiger charge is 2.32. The van der Waals surface area contributed by atoms with Crippen molar-refractivity contribution in [3.63, 3.8) is 0 Å². The molecule has 2 aromatic rings. The van der Waals surface area contributed by atoms with Gasteiger partial charge in [0, 0.05) is 13.3 Å². The summed E-state index contributed by atoms with van der Waals surface area (Å²) < 4.78 is 7.50. The maximum absolute atomic E-state index is 6.43. The van der Waals surface area contributed by atoms with Crippen LogP contribution < -0.4 is 5.73 Å². The lowest BCUT2D eigenvalue weighted by atomic mass is 9.83. The number of methoxy groups -OCH3 is 1. The van der Waals surface area contributed by atoms with Crippen LogP contribution in [0.5, 0.6) is 0 Å². The van der Waals surface area contributed by atoms with E-state index in [-0.39, 0.29) is 17.6 Å². The van der Waals surface area contributed by atoms with Crippen LogP contribution in [0.3, 0.4) is 0 Å². The van der Waals surface area contributed by atoms with E-state index in [0.717, 1.165) is 11.4 Å². The van der Waals surface area contributed by atoms with Gasteiger partial charge in [-0.1, -0.05) is 39.0 Å². The number of hydrogen-bond donors (Lipinski definition) is 1. The van der Waals surface area contributed by atoms with Gasteiger partial charge in [-0.25, -0.2) is 4.68 Å². The van der Waals surface area contributed by atoms with Crippen LogP contribution in [-0.4, -0.2) is 23.0 Å². The molecule has 1 aromatic heterocycles. The van der Waals surface area contributed by atoms with E-state index in [0.29, 0.717) is 0 Å². The van der Waals surface area contributed by atoms with Gasteiger partial charge in [0.15, 0.2) is 0 Å². The van der Waals surface area contributed by atoms with E-state index < -0.39 is 0 Å². The predicted molar refractivity (Wildman–Crippen MR) is 80.7 cm³/mol. The summed E-state index contributed by atoms with van der Waals surface area (Å²) in [5.41, 5.74) is 8.35. The summed E-state index contributed by atoms with van der Waals surface area (Å²) in [5, 5.41) is 4.39. The van der Waals surface area contributed by atoms with E-state index in [1.165, 1.54) is 0 Å². The molecule has 2 rings (SSSR count). The lowest BCUT2D eigenvalue weighted by molar-refractivity contribution is -0.00383. The average Bonchev–Trinajstić information content (AvgIpc) is 2.88. The van der Waals surface area contributed by atoms with Gasteiger partial charge in [-0.2, -0.15) is 5.10 Å². The fraction of sp³-hybridized carbons (Fsp3) is 0.438. The largest absolute Gasteiger partial charge is 0.379 e. The molecule has 0 fully saturated rings. The van der Waals surface area contributed by atoms with Crippen molar-refractivity contribution < 1.29 is 4.74 Å². The van der Waals surface area contributed by atoms with Crippen LogP contribution in [0, 0.1) is 5.41 Å². The minimum Gasteiger partial charge on any atom is -0.379 e. The first-order valence-corrected chi connectivity index (χ1v) is 6.83.